The summed E-state index contributed by atoms with van der Waals surface area (Å²) in [5.41, 5.74) is 5.84. The third-order valence-electron chi connectivity index (χ3n) is 3.30. The van der Waals surface area contributed by atoms with Crippen LogP contribution in [-0.2, 0) is 9.47 Å². The average Bonchev–Trinajstić information content (AvgIpc) is 2.52. The van der Waals surface area contributed by atoms with Gasteiger partial charge >= 0.3 is 0 Å². The fourth-order valence-electron chi connectivity index (χ4n) is 2.13. The highest BCUT2D eigenvalue weighted by molar-refractivity contribution is 5.43. The molecule has 1 aromatic heterocycles. The van der Waals surface area contributed by atoms with E-state index in [4.69, 9.17) is 15.2 Å². The highest BCUT2D eigenvalue weighted by Crippen LogP contribution is 2.16. The Morgan fingerprint density at radius 2 is 2.00 bits per heavy atom. The summed E-state index contributed by atoms with van der Waals surface area (Å²) in [7, 11) is 0. The third kappa shape index (κ3) is 4.40. The molecular formula is C13H24N6O2. The van der Waals surface area contributed by atoms with Gasteiger partial charge in [-0.2, -0.15) is 15.0 Å². The second-order valence-electron chi connectivity index (χ2n) is 4.67. The van der Waals surface area contributed by atoms with Crippen LogP contribution in [0.5, 0.6) is 0 Å². The van der Waals surface area contributed by atoms with Gasteiger partial charge in [0.05, 0.1) is 19.8 Å². The molecular weight excluding hydrogens is 272 g/mol. The van der Waals surface area contributed by atoms with E-state index in [9.17, 15) is 0 Å². The number of morpholine rings is 1. The van der Waals surface area contributed by atoms with Crippen LogP contribution in [0.25, 0.3) is 0 Å². The van der Waals surface area contributed by atoms with E-state index in [0.29, 0.717) is 38.3 Å². The molecule has 21 heavy (non-hydrogen) atoms. The molecule has 0 amide bonds. The molecule has 0 saturated carbocycles. The SMILES string of the molecule is CCOCCN(CC)c1nc(N)nc(N2CCOCC2)n1. The summed E-state index contributed by atoms with van der Waals surface area (Å²) in [6.07, 6.45) is 0. The fraction of sp³-hybridized carbons (Fsp3) is 0.769. The van der Waals surface area contributed by atoms with Gasteiger partial charge in [0, 0.05) is 32.8 Å². The Balaban J connectivity index is 2.12. The van der Waals surface area contributed by atoms with E-state index in [0.717, 1.165) is 26.2 Å². The van der Waals surface area contributed by atoms with E-state index in [1.807, 2.05) is 11.8 Å². The maximum atomic E-state index is 5.84. The number of nitrogens with two attached hydrogens (primary N) is 1. The monoisotopic (exact) mass is 296 g/mol. The summed E-state index contributed by atoms with van der Waals surface area (Å²) in [5.74, 6) is 1.47. The fourth-order valence-corrected chi connectivity index (χ4v) is 2.13. The number of hydrogen-bond acceptors (Lipinski definition) is 8. The summed E-state index contributed by atoms with van der Waals surface area (Å²) in [6.45, 7) is 9.82. The zero-order valence-corrected chi connectivity index (χ0v) is 12.8. The van der Waals surface area contributed by atoms with E-state index in [2.05, 4.69) is 26.8 Å². The van der Waals surface area contributed by atoms with Crippen molar-refractivity contribution in [1.29, 1.82) is 0 Å². The molecule has 2 N–H and O–H groups in total. The first-order chi connectivity index (χ1) is 10.2. The summed E-state index contributed by atoms with van der Waals surface area (Å²) >= 11 is 0. The first kappa shape index (κ1) is 15.7. The predicted octanol–water partition coefficient (Wildman–Crippen LogP) is 0.153. The minimum atomic E-state index is 0.247. The summed E-state index contributed by atoms with van der Waals surface area (Å²) in [6, 6.07) is 0. The molecule has 1 aromatic rings. The van der Waals surface area contributed by atoms with E-state index in [-0.39, 0.29) is 5.95 Å². The van der Waals surface area contributed by atoms with Gasteiger partial charge in [0.2, 0.25) is 17.8 Å². The highest BCUT2D eigenvalue weighted by atomic mass is 16.5. The molecule has 8 nitrogen and oxygen atoms in total. The van der Waals surface area contributed by atoms with Crippen LogP contribution in [0.3, 0.4) is 0 Å². The number of nitrogen functional groups attached to an aromatic ring is 1. The number of aromatic nitrogens is 3. The zero-order valence-electron chi connectivity index (χ0n) is 12.8. The normalized spacial score (nSPS) is 15.2. The van der Waals surface area contributed by atoms with Crippen LogP contribution >= 0.6 is 0 Å². The summed E-state index contributed by atoms with van der Waals surface area (Å²) < 4.78 is 10.7. The maximum absolute atomic E-state index is 5.84. The smallest absolute Gasteiger partial charge is 0.232 e. The molecule has 8 heteroatoms. The van der Waals surface area contributed by atoms with Crippen LogP contribution in [0, 0.1) is 0 Å². The number of rotatable bonds is 7. The molecule has 118 valence electrons. The van der Waals surface area contributed by atoms with Crippen LogP contribution < -0.4 is 15.5 Å². The molecule has 1 aliphatic rings. The number of nitrogens with zero attached hydrogens (tertiary/aromatic N) is 5. The van der Waals surface area contributed by atoms with Gasteiger partial charge < -0.3 is 25.0 Å². The summed E-state index contributed by atoms with van der Waals surface area (Å²) in [4.78, 5) is 17.1. The highest BCUT2D eigenvalue weighted by Gasteiger charge is 2.17. The van der Waals surface area contributed by atoms with Crippen LogP contribution in [-0.4, -0.2) is 67.6 Å². The van der Waals surface area contributed by atoms with E-state index in [1.165, 1.54) is 0 Å². The largest absolute Gasteiger partial charge is 0.380 e. The first-order valence-corrected chi connectivity index (χ1v) is 7.41. The Bertz CT molecular complexity index is 439. The van der Waals surface area contributed by atoms with Crippen molar-refractivity contribution < 1.29 is 9.47 Å². The van der Waals surface area contributed by atoms with E-state index >= 15 is 0 Å². The van der Waals surface area contributed by atoms with Gasteiger partial charge in [0.15, 0.2) is 0 Å². The quantitative estimate of drug-likeness (QED) is 0.711. The Hall–Kier alpha value is -1.67. The first-order valence-electron chi connectivity index (χ1n) is 7.41. The number of likely N-dealkylation sites (N-methyl/N-ethyl adjacent to an activating group) is 1. The number of anilines is 3. The molecule has 1 aliphatic heterocycles. The van der Waals surface area contributed by atoms with Gasteiger partial charge in [-0.3, -0.25) is 0 Å². The van der Waals surface area contributed by atoms with Gasteiger partial charge in [-0.1, -0.05) is 0 Å². The topological polar surface area (TPSA) is 89.6 Å². The Morgan fingerprint density at radius 3 is 2.67 bits per heavy atom. The molecule has 0 atom stereocenters. The number of hydrogen-bond donors (Lipinski definition) is 1. The Kier molecular flexibility index (Phi) is 5.94. The lowest BCUT2D eigenvalue weighted by Crippen LogP contribution is -2.38. The van der Waals surface area contributed by atoms with Crippen LogP contribution in [0.15, 0.2) is 0 Å². The molecule has 0 bridgehead atoms. The summed E-state index contributed by atoms with van der Waals surface area (Å²) in [5, 5.41) is 0. The van der Waals surface area contributed by atoms with Crippen LogP contribution in [0.2, 0.25) is 0 Å². The lowest BCUT2D eigenvalue weighted by Gasteiger charge is -2.28. The second kappa shape index (κ2) is 7.94. The van der Waals surface area contributed by atoms with Gasteiger partial charge in [0.25, 0.3) is 0 Å². The van der Waals surface area contributed by atoms with Crippen molar-refractivity contribution in [2.45, 2.75) is 13.8 Å². The van der Waals surface area contributed by atoms with Crippen LogP contribution in [0.4, 0.5) is 17.8 Å². The Morgan fingerprint density at radius 1 is 1.24 bits per heavy atom. The van der Waals surface area contributed by atoms with Gasteiger partial charge in [-0.25, -0.2) is 0 Å². The van der Waals surface area contributed by atoms with Crippen molar-refractivity contribution in [3.8, 4) is 0 Å². The van der Waals surface area contributed by atoms with Gasteiger partial charge in [0.1, 0.15) is 0 Å². The molecule has 0 aliphatic carbocycles. The van der Waals surface area contributed by atoms with E-state index in [1.54, 1.807) is 0 Å². The Labute approximate surface area is 125 Å². The van der Waals surface area contributed by atoms with Crippen LogP contribution in [0.1, 0.15) is 13.8 Å². The second-order valence-corrected chi connectivity index (χ2v) is 4.67. The van der Waals surface area contributed by atoms with E-state index < -0.39 is 0 Å². The van der Waals surface area contributed by atoms with Gasteiger partial charge in [-0.05, 0) is 13.8 Å². The molecule has 2 heterocycles. The molecule has 1 saturated heterocycles. The molecule has 2 rings (SSSR count). The molecule has 1 fully saturated rings. The molecule has 0 unspecified atom stereocenters. The minimum Gasteiger partial charge on any atom is -0.380 e. The molecule has 0 radical (unpaired) electrons. The van der Waals surface area contributed by atoms with Crippen molar-refractivity contribution in [2.75, 3.05) is 68.1 Å². The van der Waals surface area contributed by atoms with Crippen molar-refractivity contribution in [3.05, 3.63) is 0 Å². The predicted molar refractivity (Wildman–Crippen MR) is 81.7 cm³/mol. The average molecular weight is 296 g/mol. The standard InChI is InChI=1S/C13H24N6O2/c1-3-18(5-8-20-4-2)12-15-11(14)16-13(17-12)19-6-9-21-10-7-19/h3-10H2,1-2H3,(H2,14,15,16,17). The minimum absolute atomic E-state index is 0.247. The van der Waals surface area contributed by atoms with Gasteiger partial charge in [-0.15, -0.1) is 0 Å². The lowest BCUT2D eigenvalue weighted by molar-refractivity contribution is 0.122. The maximum Gasteiger partial charge on any atom is 0.232 e. The van der Waals surface area contributed by atoms with Crippen molar-refractivity contribution in [1.82, 2.24) is 15.0 Å². The molecule has 0 spiro atoms. The third-order valence-corrected chi connectivity index (χ3v) is 3.30. The lowest BCUT2D eigenvalue weighted by atomic mass is 10.4. The van der Waals surface area contributed by atoms with Crippen molar-refractivity contribution in [2.24, 2.45) is 0 Å². The van der Waals surface area contributed by atoms with Crippen molar-refractivity contribution in [3.63, 3.8) is 0 Å². The number of ether oxygens (including phenoxy) is 2. The van der Waals surface area contributed by atoms with Crippen molar-refractivity contribution >= 4 is 17.8 Å². The zero-order chi connectivity index (χ0) is 15.1. The molecule has 0 aromatic carbocycles.